The minimum absolute atomic E-state index is 0.0345. The molecule has 0 aliphatic carbocycles. The lowest BCUT2D eigenvalue weighted by Crippen LogP contribution is -2.26. The highest BCUT2D eigenvalue weighted by Crippen LogP contribution is 2.37. The number of non-ortho nitro benzene ring substituents is 1. The number of nitro groups is 1. The predicted octanol–water partition coefficient (Wildman–Crippen LogP) is 5.65. The van der Waals surface area contributed by atoms with Gasteiger partial charge in [0.15, 0.2) is 6.10 Å². The Bertz CT molecular complexity index is 1090. The molecule has 0 bridgehead atoms. The van der Waals surface area contributed by atoms with Crippen LogP contribution >= 0.6 is 23.2 Å². The second kappa shape index (κ2) is 8.86. The van der Waals surface area contributed by atoms with Crippen LogP contribution in [0.15, 0.2) is 40.8 Å². The highest BCUT2D eigenvalue weighted by molar-refractivity contribution is 6.32. The smallest absolute Gasteiger partial charge is 0.420 e. The molecule has 10 nitrogen and oxygen atoms in total. The Morgan fingerprint density at radius 3 is 2.29 bits per heavy atom. The molecule has 0 saturated heterocycles. The third kappa shape index (κ3) is 5.68. The van der Waals surface area contributed by atoms with Gasteiger partial charge in [0.25, 0.3) is 11.6 Å². The minimum Gasteiger partial charge on any atom is -0.420 e. The molecule has 0 spiro atoms. The van der Waals surface area contributed by atoms with Crippen LogP contribution in [0.25, 0.3) is 11.5 Å². The van der Waals surface area contributed by atoms with Gasteiger partial charge < -0.3 is 13.9 Å². The van der Waals surface area contributed by atoms with E-state index in [9.17, 15) is 14.9 Å². The maximum atomic E-state index is 12.3. The summed E-state index contributed by atoms with van der Waals surface area (Å²) in [5.41, 5.74) is -0.320. The quantitative estimate of drug-likeness (QED) is 0.154. The molecule has 1 aromatic carbocycles. The Balaban J connectivity index is 1.79. The number of pyridine rings is 1. The fraction of sp³-hybridized carbons (Fsp3) is 0.263. The molecule has 0 aliphatic rings. The van der Waals surface area contributed by atoms with Gasteiger partial charge in [-0.25, -0.2) is 9.78 Å². The summed E-state index contributed by atoms with van der Waals surface area (Å²) in [7, 11) is 0. The molecule has 1 atom stereocenters. The summed E-state index contributed by atoms with van der Waals surface area (Å²) in [4.78, 5) is 26.3. The van der Waals surface area contributed by atoms with Crippen molar-refractivity contribution in [2.24, 2.45) is 5.41 Å². The second-order valence-corrected chi connectivity index (χ2v) is 8.19. The van der Waals surface area contributed by atoms with Crippen LogP contribution < -0.4 is 4.74 Å². The normalized spacial score (nSPS) is 12.3. The van der Waals surface area contributed by atoms with E-state index in [4.69, 9.17) is 37.1 Å². The highest BCUT2D eigenvalue weighted by Gasteiger charge is 2.36. The average Bonchev–Trinajstić information content (AvgIpc) is 3.14. The van der Waals surface area contributed by atoms with Crippen LogP contribution in [0.4, 0.5) is 10.5 Å². The maximum Gasteiger partial charge on any atom is 0.514 e. The van der Waals surface area contributed by atoms with Crippen molar-refractivity contribution in [3.05, 3.63) is 62.7 Å². The summed E-state index contributed by atoms with van der Waals surface area (Å²) in [5.74, 6) is 0.227. The maximum absolute atomic E-state index is 12.3. The van der Waals surface area contributed by atoms with Gasteiger partial charge in [-0.1, -0.05) is 44.0 Å². The molecular weight excluding hydrogens is 451 g/mol. The summed E-state index contributed by atoms with van der Waals surface area (Å²) >= 11 is 11.8. The molecule has 162 valence electrons. The second-order valence-electron chi connectivity index (χ2n) is 7.41. The van der Waals surface area contributed by atoms with Crippen LogP contribution in [0.5, 0.6) is 5.75 Å². The number of benzene rings is 1. The van der Waals surface area contributed by atoms with E-state index in [0.717, 1.165) is 0 Å². The van der Waals surface area contributed by atoms with Gasteiger partial charge in [-0.3, -0.25) is 10.1 Å². The SMILES string of the molecule is CC(C)(C)[C@H](OC(=O)Oc1ccc([N+](=O)[O-])cc1)c1nnc(-c2cc(Cl)nc(Cl)c2)o1. The van der Waals surface area contributed by atoms with E-state index in [0.29, 0.717) is 5.56 Å². The molecule has 2 heterocycles. The molecule has 31 heavy (non-hydrogen) atoms. The number of aromatic nitrogens is 3. The van der Waals surface area contributed by atoms with Crippen molar-refractivity contribution in [2.75, 3.05) is 0 Å². The van der Waals surface area contributed by atoms with E-state index in [1.54, 1.807) is 20.8 Å². The molecule has 0 aliphatic heterocycles. The zero-order valence-electron chi connectivity index (χ0n) is 16.5. The third-order valence-electron chi connectivity index (χ3n) is 3.92. The number of nitro benzene ring substituents is 1. The van der Waals surface area contributed by atoms with Crippen molar-refractivity contribution in [3.63, 3.8) is 0 Å². The van der Waals surface area contributed by atoms with Crippen LogP contribution in [0.3, 0.4) is 0 Å². The van der Waals surface area contributed by atoms with Gasteiger partial charge in [0.2, 0.25) is 5.89 Å². The van der Waals surface area contributed by atoms with Crippen molar-refractivity contribution in [1.29, 1.82) is 0 Å². The minimum atomic E-state index is -1.04. The van der Waals surface area contributed by atoms with Gasteiger partial charge in [-0.05, 0) is 24.3 Å². The first-order valence-electron chi connectivity index (χ1n) is 8.83. The number of carbonyl (C=O) groups excluding carboxylic acids is 1. The summed E-state index contributed by atoms with van der Waals surface area (Å²) in [5, 5.41) is 19.0. The monoisotopic (exact) mass is 466 g/mol. The lowest BCUT2D eigenvalue weighted by atomic mass is 9.89. The molecule has 3 rings (SSSR count). The van der Waals surface area contributed by atoms with Crippen LogP contribution in [0.2, 0.25) is 10.3 Å². The van der Waals surface area contributed by atoms with Gasteiger partial charge in [0, 0.05) is 23.1 Å². The summed E-state index contributed by atoms with van der Waals surface area (Å²) < 4.78 is 16.2. The Hall–Kier alpha value is -3.24. The zero-order valence-corrected chi connectivity index (χ0v) is 18.0. The molecule has 12 heteroatoms. The number of halogens is 2. The van der Waals surface area contributed by atoms with E-state index < -0.39 is 22.6 Å². The van der Waals surface area contributed by atoms with Crippen LogP contribution in [-0.4, -0.2) is 26.3 Å². The molecule has 0 amide bonds. The number of rotatable bonds is 5. The van der Waals surface area contributed by atoms with E-state index in [-0.39, 0.29) is 33.5 Å². The summed E-state index contributed by atoms with van der Waals surface area (Å²) in [6, 6.07) is 7.99. The van der Waals surface area contributed by atoms with Crippen LogP contribution in [0, 0.1) is 15.5 Å². The third-order valence-corrected chi connectivity index (χ3v) is 4.31. The van der Waals surface area contributed by atoms with Gasteiger partial charge in [0.1, 0.15) is 16.1 Å². The lowest BCUT2D eigenvalue weighted by Gasteiger charge is -2.26. The number of hydrogen-bond acceptors (Lipinski definition) is 9. The molecule has 0 N–H and O–H groups in total. The largest absolute Gasteiger partial charge is 0.514 e. The van der Waals surface area contributed by atoms with Gasteiger partial charge >= 0.3 is 6.16 Å². The highest BCUT2D eigenvalue weighted by atomic mass is 35.5. The summed E-state index contributed by atoms with van der Waals surface area (Å²) in [6.45, 7) is 5.42. The van der Waals surface area contributed by atoms with Crippen molar-refractivity contribution in [2.45, 2.75) is 26.9 Å². The van der Waals surface area contributed by atoms with Gasteiger partial charge in [-0.2, -0.15) is 0 Å². The Morgan fingerprint density at radius 2 is 1.74 bits per heavy atom. The van der Waals surface area contributed by atoms with Crippen molar-refractivity contribution < 1.29 is 23.6 Å². The lowest BCUT2D eigenvalue weighted by molar-refractivity contribution is -0.384. The first kappa shape index (κ1) is 22.4. The Morgan fingerprint density at radius 1 is 1.13 bits per heavy atom. The molecule has 0 fully saturated rings. The predicted molar refractivity (Wildman–Crippen MR) is 110 cm³/mol. The van der Waals surface area contributed by atoms with Gasteiger partial charge in [-0.15, -0.1) is 10.2 Å². The standard InChI is InChI=1S/C19H16Cl2N4O6/c1-19(2,3)15(30-18(26)29-12-6-4-11(5-7-12)25(27)28)17-24-23-16(31-17)10-8-13(20)22-14(21)9-10/h4-9,15H,1-3H3/t15-/m1/s1. The zero-order chi connectivity index (χ0) is 22.8. The Kier molecular flexibility index (Phi) is 6.42. The Labute approximate surface area is 186 Å². The fourth-order valence-corrected chi connectivity index (χ4v) is 2.96. The molecule has 2 aromatic heterocycles. The van der Waals surface area contributed by atoms with Crippen molar-refractivity contribution in [1.82, 2.24) is 15.2 Å². The number of carbonyl (C=O) groups is 1. The molecule has 0 unspecified atom stereocenters. The molecule has 0 radical (unpaired) electrons. The van der Waals surface area contributed by atoms with Crippen LogP contribution in [-0.2, 0) is 4.74 Å². The first-order valence-corrected chi connectivity index (χ1v) is 9.58. The average molecular weight is 467 g/mol. The van der Waals surface area contributed by atoms with E-state index in [2.05, 4.69) is 15.2 Å². The van der Waals surface area contributed by atoms with Gasteiger partial charge in [0.05, 0.1) is 4.92 Å². The van der Waals surface area contributed by atoms with Crippen molar-refractivity contribution in [3.8, 4) is 17.2 Å². The van der Waals surface area contributed by atoms with E-state index in [1.807, 2.05) is 0 Å². The number of hydrogen-bond donors (Lipinski definition) is 0. The van der Waals surface area contributed by atoms with E-state index >= 15 is 0 Å². The van der Waals surface area contributed by atoms with Crippen molar-refractivity contribution >= 4 is 35.0 Å². The molecular formula is C19H16Cl2N4O6. The first-order chi connectivity index (χ1) is 14.5. The fourth-order valence-electron chi connectivity index (χ4n) is 2.50. The topological polar surface area (TPSA) is 130 Å². The number of ether oxygens (including phenoxy) is 2. The number of nitrogens with zero attached hydrogens (tertiary/aromatic N) is 4. The molecule has 3 aromatic rings. The van der Waals surface area contributed by atoms with Crippen LogP contribution in [0.1, 0.15) is 32.8 Å². The summed E-state index contributed by atoms with van der Waals surface area (Å²) in [6.07, 6.45) is -1.99. The molecule has 0 saturated carbocycles. The van der Waals surface area contributed by atoms with E-state index in [1.165, 1.54) is 36.4 Å².